The average Bonchev–Trinajstić information content (AvgIpc) is 3.13. The van der Waals surface area contributed by atoms with E-state index in [4.69, 9.17) is 10.1 Å². The summed E-state index contributed by atoms with van der Waals surface area (Å²) < 4.78 is 2.18. The predicted octanol–water partition coefficient (Wildman–Crippen LogP) is 4.20. The fraction of sp³-hybridized carbons (Fsp3) is 0.389. The molecule has 1 N–H and O–H groups in total. The Morgan fingerprint density at radius 2 is 2.00 bits per heavy atom. The van der Waals surface area contributed by atoms with E-state index in [1.165, 1.54) is 22.5 Å². The van der Waals surface area contributed by atoms with Crippen molar-refractivity contribution in [1.82, 2.24) is 14.5 Å². The highest BCUT2D eigenvalue weighted by Gasteiger charge is 2.15. The molecule has 1 aromatic carbocycles. The predicted molar refractivity (Wildman–Crippen MR) is 96.0 cm³/mol. The number of hydrogen-bond acceptors (Lipinski definition) is 4. The van der Waals surface area contributed by atoms with Crippen molar-refractivity contribution in [1.29, 1.82) is 0 Å². The number of hydrogen-bond donors (Lipinski definition) is 1. The minimum Gasteiger partial charge on any atom is -0.476 e. The molecule has 0 aliphatic rings. The van der Waals surface area contributed by atoms with Crippen LogP contribution in [0.25, 0.3) is 11.0 Å². The Morgan fingerprint density at radius 1 is 1.25 bits per heavy atom. The molecule has 6 heteroatoms. The molecule has 2 aromatic heterocycles. The van der Waals surface area contributed by atoms with Crippen molar-refractivity contribution >= 4 is 28.3 Å². The van der Waals surface area contributed by atoms with Crippen molar-refractivity contribution in [3.8, 4) is 0 Å². The molecule has 126 valence electrons. The first-order valence-electron chi connectivity index (χ1n) is 8.13. The van der Waals surface area contributed by atoms with Crippen LogP contribution in [-0.2, 0) is 13.0 Å². The van der Waals surface area contributed by atoms with E-state index in [-0.39, 0.29) is 5.69 Å². The summed E-state index contributed by atoms with van der Waals surface area (Å²) in [7, 11) is 0. The summed E-state index contributed by atoms with van der Waals surface area (Å²) in [4.78, 5) is 20.1. The number of fused-ring (bicyclic) bond motifs is 1. The second-order valence-electron chi connectivity index (χ2n) is 6.07. The highest BCUT2D eigenvalue weighted by molar-refractivity contribution is 7.09. The lowest BCUT2D eigenvalue weighted by molar-refractivity contribution is 0.0691. The zero-order chi connectivity index (χ0) is 17.3. The van der Waals surface area contributed by atoms with E-state index in [9.17, 15) is 4.79 Å². The third-order valence-electron chi connectivity index (χ3n) is 4.26. The molecule has 0 saturated heterocycles. The van der Waals surface area contributed by atoms with E-state index in [2.05, 4.69) is 42.5 Å². The lowest BCUT2D eigenvalue weighted by atomic mass is 10.1. The van der Waals surface area contributed by atoms with Crippen molar-refractivity contribution in [2.24, 2.45) is 0 Å². The minimum atomic E-state index is -0.981. The first-order chi connectivity index (χ1) is 11.5. The Morgan fingerprint density at radius 3 is 2.67 bits per heavy atom. The summed E-state index contributed by atoms with van der Waals surface area (Å²) in [6.45, 7) is 6.93. The quantitative estimate of drug-likeness (QED) is 0.728. The van der Waals surface area contributed by atoms with Crippen LogP contribution in [0.1, 0.15) is 52.2 Å². The Balaban J connectivity index is 2.05. The molecular weight excluding hydrogens is 322 g/mol. The van der Waals surface area contributed by atoms with E-state index in [1.807, 2.05) is 0 Å². The molecule has 0 fully saturated rings. The first kappa shape index (κ1) is 16.6. The van der Waals surface area contributed by atoms with Crippen LogP contribution < -0.4 is 0 Å². The van der Waals surface area contributed by atoms with Crippen molar-refractivity contribution in [2.45, 2.75) is 46.6 Å². The number of imidazole rings is 1. The molecule has 24 heavy (non-hydrogen) atoms. The highest BCUT2D eigenvalue weighted by Crippen LogP contribution is 2.24. The third-order valence-corrected chi connectivity index (χ3v) is 5.09. The number of carbonyl (C=O) groups is 1. The van der Waals surface area contributed by atoms with Gasteiger partial charge in [-0.2, -0.15) is 0 Å². The van der Waals surface area contributed by atoms with Crippen molar-refractivity contribution in [2.75, 3.05) is 0 Å². The Hall–Kier alpha value is -2.21. The molecule has 0 atom stereocenters. The Kier molecular flexibility index (Phi) is 4.66. The van der Waals surface area contributed by atoms with E-state index < -0.39 is 5.97 Å². The number of aromatic carboxylic acids is 1. The van der Waals surface area contributed by atoms with Gasteiger partial charge >= 0.3 is 5.97 Å². The maximum atomic E-state index is 11.0. The summed E-state index contributed by atoms with van der Waals surface area (Å²) in [6.07, 6.45) is 3.11. The maximum absolute atomic E-state index is 11.0. The van der Waals surface area contributed by atoms with Gasteiger partial charge in [0.25, 0.3) is 0 Å². The van der Waals surface area contributed by atoms with Gasteiger partial charge in [-0.05, 0) is 43.5 Å². The molecule has 0 aliphatic heterocycles. The van der Waals surface area contributed by atoms with Crippen LogP contribution in [0.15, 0.2) is 17.5 Å². The lowest BCUT2D eigenvalue weighted by Gasteiger charge is -2.08. The number of aromatic nitrogens is 3. The van der Waals surface area contributed by atoms with Crippen molar-refractivity contribution < 1.29 is 9.90 Å². The summed E-state index contributed by atoms with van der Waals surface area (Å²) in [5.74, 6) is 0.0644. The van der Waals surface area contributed by atoms with Gasteiger partial charge in [-0.25, -0.2) is 14.8 Å². The number of nitrogens with zero attached hydrogens (tertiary/aromatic N) is 3. The van der Waals surface area contributed by atoms with Gasteiger partial charge in [0.1, 0.15) is 10.8 Å². The standard InChI is InChI=1S/C18H21N3O2S/c1-4-5-6-16-19-13-7-11(2)12(3)8-15(13)21(16)9-17-20-14(10-24-17)18(22)23/h7-8,10H,4-6,9H2,1-3H3,(H,22,23). The van der Waals surface area contributed by atoms with Gasteiger partial charge in [0.15, 0.2) is 5.69 Å². The first-order valence-corrected chi connectivity index (χ1v) is 9.01. The van der Waals surface area contributed by atoms with Gasteiger partial charge in [0.05, 0.1) is 17.6 Å². The molecule has 0 spiro atoms. The summed E-state index contributed by atoms with van der Waals surface area (Å²) in [6, 6.07) is 4.29. The topological polar surface area (TPSA) is 68.0 Å². The molecule has 3 rings (SSSR count). The van der Waals surface area contributed by atoms with Crippen molar-refractivity contribution in [3.05, 3.63) is 45.2 Å². The molecule has 0 unspecified atom stereocenters. The highest BCUT2D eigenvalue weighted by atomic mass is 32.1. The van der Waals surface area contributed by atoms with Crippen molar-refractivity contribution in [3.63, 3.8) is 0 Å². The minimum absolute atomic E-state index is 0.113. The van der Waals surface area contributed by atoms with Gasteiger partial charge in [0, 0.05) is 11.8 Å². The molecule has 0 radical (unpaired) electrons. The second kappa shape index (κ2) is 6.73. The van der Waals surface area contributed by atoms with E-state index in [0.717, 1.165) is 41.1 Å². The lowest BCUT2D eigenvalue weighted by Crippen LogP contribution is -2.06. The average molecular weight is 343 g/mol. The van der Waals surface area contributed by atoms with Crippen LogP contribution in [0.2, 0.25) is 0 Å². The van der Waals surface area contributed by atoms with Crippen LogP contribution in [0.4, 0.5) is 0 Å². The second-order valence-corrected chi connectivity index (χ2v) is 7.02. The zero-order valence-electron chi connectivity index (χ0n) is 14.2. The molecule has 5 nitrogen and oxygen atoms in total. The number of rotatable bonds is 6. The van der Waals surface area contributed by atoms with E-state index in [0.29, 0.717) is 6.54 Å². The fourth-order valence-electron chi connectivity index (χ4n) is 2.75. The van der Waals surface area contributed by atoms with Crippen LogP contribution in [0.3, 0.4) is 0 Å². The number of aryl methyl sites for hydroxylation is 3. The summed E-state index contributed by atoms with van der Waals surface area (Å²) >= 11 is 1.38. The van der Waals surface area contributed by atoms with Gasteiger partial charge in [0.2, 0.25) is 0 Å². The fourth-order valence-corrected chi connectivity index (χ4v) is 3.50. The molecular formula is C18H21N3O2S. The molecule has 0 aliphatic carbocycles. The van der Waals surface area contributed by atoms with E-state index >= 15 is 0 Å². The number of carboxylic acids is 1. The van der Waals surface area contributed by atoms with Gasteiger partial charge in [-0.1, -0.05) is 13.3 Å². The SMILES string of the molecule is CCCCc1nc2cc(C)c(C)cc2n1Cc1nc(C(=O)O)cs1. The molecule has 3 aromatic rings. The largest absolute Gasteiger partial charge is 0.476 e. The van der Waals surface area contributed by atoms with Crippen LogP contribution in [0, 0.1) is 13.8 Å². The molecule has 0 saturated carbocycles. The van der Waals surface area contributed by atoms with Crippen LogP contribution in [0.5, 0.6) is 0 Å². The van der Waals surface area contributed by atoms with Gasteiger partial charge in [-0.3, -0.25) is 0 Å². The normalized spacial score (nSPS) is 11.3. The Labute approximate surface area is 145 Å². The van der Waals surface area contributed by atoms with Crippen LogP contribution in [-0.4, -0.2) is 25.6 Å². The summed E-state index contributed by atoms with van der Waals surface area (Å²) in [5.41, 5.74) is 4.67. The van der Waals surface area contributed by atoms with E-state index in [1.54, 1.807) is 5.38 Å². The van der Waals surface area contributed by atoms with Crippen LogP contribution >= 0.6 is 11.3 Å². The van der Waals surface area contributed by atoms with Gasteiger partial charge in [-0.15, -0.1) is 11.3 Å². The monoisotopic (exact) mass is 343 g/mol. The number of benzene rings is 1. The summed E-state index contributed by atoms with van der Waals surface area (Å²) in [5, 5.41) is 11.4. The smallest absolute Gasteiger partial charge is 0.355 e. The van der Waals surface area contributed by atoms with Gasteiger partial charge < -0.3 is 9.67 Å². The molecule has 0 amide bonds. The number of thiazole rings is 1. The zero-order valence-corrected chi connectivity index (χ0v) is 15.0. The number of carboxylic acid groups (broad SMARTS) is 1. The third kappa shape index (κ3) is 3.19. The molecule has 2 heterocycles. The Bertz CT molecular complexity index is 895. The number of unbranched alkanes of at least 4 members (excludes halogenated alkanes) is 1. The maximum Gasteiger partial charge on any atom is 0.355 e. The molecule has 0 bridgehead atoms.